The maximum atomic E-state index is 13.5. The summed E-state index contributed by atoms with van der Waals surface area (Å²) in [5.74, 6) is -0.224. The van der Waals surface area contributed by atoms with Crippen LogP contribution in [0.3, 0.4) is 0 Å². The minimum atomic E-state index is -0.224. The number of benzene rings is 2. The fraction of sp³-hybridized carbons (Fsp3) is 0.115. The van der Waals surface area contributed by atoms with Gasteiger partial charge in [-0.15, -0.1) is 0 Å². The third-order valence-corrected chi connectivity index (χ3v) is 5.86. The monoisotopic (exact) mass is 395 g/mol. The highest BCUT2D eigenvalue weighted by atomic mass is 19.1. The summed E-state index contributed by atoms with van der Waals surface area (Å²) in [5, 5.41) is 1.16. The molecule has 3 heterocycles. The van der Waals surface area contributed by atoms with Crippen molar-refractivity contribution >= 4 is 22.6 Å². The van der Waals surface area contributed by atoms with Crippen LogP contribution in [0.15, 0.2) is 79.5 Å². The van der Waals surface area contributed by atoms with Crippen LogP contribution in [0.1, 0.15) is 29.8 Å². The van der Waals surface area contributed by atoms with Crippen molar-refractivity contribution in [2.24, 2.45) is 0 Å². The predicted molar refractivity (Wildman–Crippen MR) is 121 cm³/mol. The number of para-hydroxylation sites is 1. The molecular formula is C26H22FN3. The number of aromatic nitrogens is 3. The first-order valence-electron chi connectivity index (χ1n) is 10.0. The number of aryl methyl sites for hydroxylation is 1. The molecule has 0 amide bonds. The number of fused-ring (bicyclic) bond motifs is 2. The second-order valence-corrected chi connectivity index (χ2v) is 7.62. The molecule has 0 fully saturated rings. The zero-order valence-corrected chi connectivity index (χ0v) is 17.0. The Morgan fingerprint density at radius 2 is 1.80 bits per heavy atom. The zero-order chi connectivity index (χ0) is 20.8. The summed E-state index contributed by atoms with van der Waals surface area (Å²) >= 11 is 0. The van der Waals surface area contributed by atoms with E-state index in [1.54, 1.807) is 0 Å². The molecule has 0 N–H and O–H groups in total. The molecule has 30 heavy (non-hydrogen) atoms. The first-order valence-corrected chi connectivity index (χ1v) is 10.0. The van der Waals surface area contributed by atoms with Gasteiger partial charge in [-0.1, -0.05) is 43.0 Å². The van der Waals surface area contributed by atoms with Crippen LogP contribution in [-0.4, -0.2) is 14.0 Å². The molecule has 148 valence electrons. The molecule has 0 aliphatic carbocycles. The number of hydrogen-bond acceptors (Lipinski definition) is 1. The fourth-order valence-corrected chi connectivity index (χ4v) is 4.22. The van der Waals surface area contributed by atoms with E-state index in [4.69, 9.17) is 4.98 Å². The Morgan fingerprint density at radius 3 is 2.57 bits per heavy atom. The van der Waals surface area contributed by atoms with E-state index in [9.17, 15) is 4.39 Å². The standard InChI is InChI=1S/C26H22FN3/c1-4-19-13-14-29-18(3)26(28-25(29)15-19)24-16-21-7-5-6-8-23(21)30(24)17(2)20-9-11-22(27)12-10-20/h4-17H,1H2,2-3H3. The fourth-order valence-electron chi connectivity index (χ4n) is 4.22. The molecule has 5 aromatic rings. The van der Waals surface area contributed by atoms with Gasteiger partial charge in [-0.25, -0.2) is 9.37 Å². The molecule has 4 heteroatoms. The molecule has 0 radical (unpaired) electrons. The van der Waals surface area contributed by atoms with Crippen molar-refractivity contribution in [1.82, 2.24) is 14.0 Å². The normalized spacial score (nSPS) is 12.5. The van der Waals surface area contributed by atoms with Crippen LogP contribution in [0.2, 0.25) is 0 Å². The van der Waals surface area contributed by atoms with Crippen LogP contribution < -0.4 is 0 Å². The quantitative estimate of drug-likeness (QED) is 0.334. The van der Waals surface area contributed by atoms with Crippen LogP contribution in [-0.2, 0) is 0 Å². The Hall–Kier alpha value is -3.66. The first kappa shape index (κ1) is 18.4. The van der Waals surface area contributed by atoms with Gasteiger partial charge in [0.25, 0.3) is 0 Å². The van der Waals surface area contributed by atoms with Crippen LogP contribution in [0.5, 0.6) is 0 Å². The van der Waals surface area contributed by atoms with E-state index in [1.165, 1.54) is 12.1 Å². The van der Waals surface area contributed by atoms with Crippen molar-refractivity contribution in [2.75, 3.05) is 0 Å². The van der Waals surface area contributed by atoms with Crippen molar-refractivity contribution in [1.29, 1.82) is 0 Å². The summed E-state index contributed by atoms with van der Waals surface area (Å²) in [6.07, 6.45) is 3.87. The van der Waals surface area contributed by atoms with Gasteiger partial charge >= 0.3 is 0 Å². The van der Waals surface area contributed by atoms with Gasteiger partial charge in [0.2, 0.25) is 0 Å². The molecule has 5 rings (SSSR count). The molecule has 0 saturated heterocycles. The lowest BCUT2D eigenvalue weighted by molar-refractivity contribution is 0.621. The van der Waals surface area contributed by atoms with Crippen LogP contribution >= 0.6 is 0 Å². The van der Waals surface area contributed by atoms with Gasteiger partial charge in [-0.3, -0.25) is 0 Å². The summed E-state index contributed by atoms with van der Waals surface area (Å²) < 4.78 is 17.9. The van der Waals surface area contributed by atoms with E-state index < -0.39 is 0 Å². The molecule has 0 aliphatic heterocycles. The van der Waals surface area contributed by atoms with Crippen LogP contribution in [0.4, 0.5) is 4.39 Å². The highest BCUT2D eigenvalue weighted by Crippen LogP contribution is 2.35. The Kier molecular flexibility index (Phi) is 4.28. The molecule has 1 atom stereocenters. The lowest BCUT2D eigenvalue weighted by Crippen LogP contribution is -2.08. The molecule has 0 aliphatic rings. The molecule has 2 aromatic carbocycles. The van der Waals surface area contributed by atoms with E-state index in [0.717, 1.165) is 44.8 Å². The van der Waals surface area contributed by atoms with Gasteiger partial charge in [0.1, 0.15) is 17.2 Å². The van der Waals surface area contributed by atoms with Crippen molar-refractivity contribution < 1.29 is 4.39 Å². The number of hydrogen-bond donors (Lipinski definition) is 0. The third kappa shape index (κ3) is 2.84. The number of nitrogens with zero attached hydrogens (tertiary/aromatic N) is 3. The summed E-state index contributed by atoms with van der Waals surface area (Å²) in [4.78, 5) is 4.97. The number of halogens is 1. The van der Waals surface area contributed by atoms with Crippen molar-refractivity contribution in [3.63, 3.8) is 0 Å². The summed E-state index contributed by atoms with van der Waals surface area (Å²) in [6.45, 7) is 8.10. The van der Waals surface area contributed by atoms with Crippen molar-refractivity contribution in [3.05, 3.63) is 102 Å². The molecule has 3 aromatic heterocycles. The lowest BCUT2D eigenvalue weighted by atomic mass is 10.1. The molecule has 0 bridgehead atoms. The lowest BCUT2D eigenvalue weighted by Gasteiger charge is -2.19. The van der Waals surface area contributed by atoms with Crippen LogP contribution in [0.25, 0.3) is 34.0 Å². The number of pyridine rings is 1. The Balaban J connectivity index is 1.77. The molecule has 0 saturated carbocycles. The average Bonchev–Trinajstić information content (AvgIpc) is 3.31. The van der Waals surface area contributed by atoms with Gasteiger partial charge in [0, 0.05) is 22.8 Å². The highest BCUT2D eigenvalue weighted by Gasteiger charge is 2.21. The predicted octanol–water partition coefficient (Wildman–Crippen LogP) is 6.66. The maximum Gasteiger partial charge on any atom is 0.138 e. The largest absolute Gasteiger partial charge is 0.332 e. The average molecular weight is 395 g/mol. The summed E-state index contributed by atoms with van der Waals surface area (Å²) in [6, 6.07) is 21.4. The zero-order valence-electron chi connectivity index (χ0n) is 17.0. The molecule has 0 spiro atoms. The highest BCUT2D eigenvalue weighted by molar-refractivity contribution is 5.87. The third-order valence-electron chi connectivity index (χ3n) is 5.86. The van der Waals surface area contributed by atoms with Gasteiger partial charge < -0.3 is 8.97 Å². The van der Waals surface area contributed by atoms with E-state index in [0.29, 0.717) is 0 Å². The SMILES string of the molecule is C=Cc1ccn2c(C)c(-c3cc4ccccc4n3C(C)c3ccc(F)cc3)nc2c1. The topological polar surface area (TPSA) is 22.2 Å². The van der Waals surface area contributed by atoms with Gasteiger partial charge in [0.15, 0.2) is 0 Å². The van der Waals surface area contributed by atoms with Gasteiger partial charge in [-0.05, 0) is 61.4 Å². The van der Waals surface area contributed by atoms with Gasteiger partial charge in [-0.2, -0.15) is 0 Å². The summed E-state index contributed by atoms with van der Waals surface area (Å²) in [5.41, 5.74) is 7.19. The number of rotatable bonds is 4. The number of imidazole rings is 1. The Bertz CT molecular complexity index is 1390. The second-order valence-electron chi connectivity index (χ2n) is 7.62. The van der Waals surface area contributed by atoms with Crippen LogP contribution in [0, 0.1) is 12.7 Å². The minimum Gasteiger partial charge on any atom is -0.332 e. The molecular weight excluding hydrogens is 373 g/mol. The van der Waals surface area contributed by atoms with E-state index in [2.05, 4.69) is 47.6 Å². The van der Waals surface area contributed by atoms with E-state index in [-0.39, 0.29) is 11.9 Å². The van der Waals surface area contributed by atoms with E-state index in [1.807, 2.05) is 48.7 Å². The van der Waals surface area contributed by atoms with E-state index >= 15 is 0 Å². The molecule has 3 nitrogen and oxygen atoms in total. The Morgan fingerprint density at radius 1 is 1.03 bits per heavy atom. The van der Waals surface area contributed by atoms with Crippen molar-refractivity contribution in [3.8, 4) is 11.4 Å². The second kappa shape index (κ2) is 6.99. The summed E-state index contributed by atoms with van der Waals surface area (Å²) in [7, 11) is 0. The van der Waals surface area contributed by atoms with Gasteiger partial charge in [0.05, 0.1) is 11.7 Å². The minimum absolute atomic E-state index is 0.0217. The maximum absolute atomic E-state index is 13.5. The molecule has 1 unspecified atom stereocenters. The Labute approximate surface area is 174 Å². The van der Waals surface area contributed by atoms with Crippen molar-refractivity contribution in [2.45, 2.75) is 19.9 Å². The first-order chi connectivity index (χ1) is 14.6. The smallest absolute Gasteiger partial charge is 0.138 e.